The predicted octanol–water partition coefficient (Wildman–Crippen LogP) is 3.00. The maximum atomic E-state index is 4.78. The number of aromatic nitrogens is 1. The number of rotatable bonds is 7. The molecule has 2 saturated heterocycles. The summed E-state index contributed by atoms with van der Waals surface area (Å²) in [5.41, 5.74) is 1.28. The summed E-state index contributed by atoms with van der Waals surface area (Å²) in [6.45, 7) is 13.8. The summed E-state index contributed by atoms with van der Waals surface area (Å²) in [6, 6.07) is 4.29. The number of nitrogens with zero attached hydrogens (tertiary/aromatic N) is 4. The van der Waals surface area contributed by atoms with Crippen molar-refractivity contribution in [1.29, 1.82) is 0 Å². The fourth-order valence-electron chi connectivity index (χ4n) is 4.07. The summed E-state index contributed by atoms with van der Waals surface area (Å²) in [7, 11) is 0. The van der Waals surface area contributed by atoms with Gasteiger partial charge in [0.15, 0.2) is 5.96 Å². The van der Waals surface area contributed by atoms with Crippen molar-refractivity contribution in [3.63, 3.8) is 0 Å². The number of nitrogens with one attached hydrogen (secondary N) is 2. The highest BCUT2D eigenvalue weighted by atomic mass is 15.2. The van der Waals surface area contributed by atoms with Crippen LogP contribution in [0.2, 0.25) is 0 Å². The zero-order valence-corrected chi connectivity index (χ0v) is 18.0. The van der Waals surface area contributed by atoms with Crippen molar-refractivity contribution in [3.05, 3.63) is 23.9 Å². The summed E-state index contributed by atoms with van der Waals surface area (Å²) >= 11 is 0. The van der Waals surface area contributed by atoms with Gasteiger partial charge in [-0.25, -0.2) is 9.98 Å². The normalized spacial score (nSPS) is 19.1. The Morgan fingerprint density at radius 1 is 1.04 bits per heavy atom. The van der Waals surface area contributed by atoms with Crippen molar-refractivity contribution >= 4 is 11.8 Å². The van der Waals surface area contributed by atoms with Crippen molar-refractivity contribution in [2.45, 2.75) is 65.0 Å². The lowest BCUT2D eigenvalue weighted by Gasteiger charge is -2.41. The maximum absolute atomic E-state index is 4.78. The maximum Gasteiger partial charge on any atom is 0.191 e. The number of guanidine groups is 1. The number of hydrogen-bond donors (Lipinski definition) is 2. The van der Waals surface area contributed by atoms with E-state index in [9.17, 15) is 0 Å². The van der Waals surface area contributed by atoms with Crippen LogP contribution in [0.25, 0.3) is 0 Å². The van der Waals surface area contributed by atoms with Gasteiger partial charge in [0, 0.05) is 37.9 Å². The molecule has 0 aliphatic carbocycles. The molecule has 3 rings (SSSR count). The van der Waals surface area contributed by atoms with Crippen molar-refractivity contribution in [1.82, 2.24) is 20.5 Å². The topological polar surface area (TPSA) is 55.8 Å². The zero-order chi connectivity index (χ0) is 19.8. The van der Waals surface area contributed by atoms with Gasteiger partial charge in [-0.15, -0.1) is 0 Å². The molecule has 3 heterocycles. The van der Waals surface area contributed by atoms with Crippen LogP contribution >= 0.6 is 0 Å². The van der Waals surface area contributed by atoms with Gasteiger partial charge in [0.25, 0.3) is 0 Å². The first kappa shape index (κ1) is 20.9. The lowest BCUT2D eigenvalue weighted by Crippen LogP contribution is -2.54. The van der Waals surface area contributed by atoms with Gasteiger partial charge in [0.05, 0.1) is 6.54 Å². The Kier molecular flexibility index (Phi) is 7.54. The van der Waals surface area contributed by atoms with Crippen molar-refractivity contribution < 1.29 is 0 Å². The number of piperidine rings is 1. The summed E-state index contributed by atoms with van der Waals surface area (Å²) in [4.78, 5) is 14.4. The Bertz CT molecular complexity index is 612. The molecule has 0 bridgehead atoms. The zero-order valence-electron chi connectivity index (χ0n) is 18.0. The first-order valence-corrected chi connectivity index (χ1v) is 11.1. The summed E-state index contributed by atoms with van der Waals surface area (Å²) in [5.74, 6) is 1.98. The second-order valence-corrected chi connectivity index (χ2v) is 8.63. The molecule has 0 atom stereocenters. The highest BCUT2D eigenvalue weighted by molar-refractivity contribution is 5.79. The van der Waals surface area contributed by atoms with E-state index in [1.54, 1.807) is 0 Å². The molecule has 6 heteroatoms. The molecule has 0 radical (unpaired) electrons. The lowest BCUT2D eigenvalue weighted by molar-refractivity contribution is 0.0982. The molecule has 0 saturated carbocycles. The molecule has 6 nitrogen and oxygen atoms in total. The van der Waals surface area contributed by atoms with Gasteiger partial charge in [0.1, 0.15) is 5.82 Å². The van der Waals surface area contributed by atoms with Gasteiger partial charge in [0.2, 0.25) is 0 Å². The van der Waals surface area contributed by atoms with Gasteiger partial charge < -0.3 is 15.5 Å². The van der Waals surface area contributed by atoms with Crippen molar-refractivity contribution in [2.24, 2.45) is 4.99 Å². The Morgan fingerprint density at radius 3 is 2.39 bits per heavy atom. The van der Waals surface area contributed by atoms with Gasteiger partial charge in [-0.1, -0.05) is 12.5 Å². The van der Waals surface area contributed by atoms with Crippen LogP contribution in [-0.2, 0) is 6.54 Å². The molecule has 1 aromatic heterocycles. The van der Waals surface area contributed by atoms with Crippen LogP contribution in [0.15, 0.2) is 23.3 Å². The molecule has 0 spiro atoms. The van der Waals surface area contributed by atoms with Crippen LogP contribution < -0.4 is 15.5 Å². The monoisotopic (exact) mass is 386 g/mol. The van der Waals surface area contributed by atoms with E-state index in [0.29, 0.717) is 6.54 Å². The van der Waals surface area contributed by atoms with Gasteiger partial charge in [-0.05, 0) is 71.2 Å². The van der Waals surface area contributed by atoms with E-state index in [1.807, 2.05) is 6.20 Å². The first-order valence-electron chi connectivity index (χ1n) is 11.1. The standard InChI is InChI=1S/C22H38N6/c1-4-23-21(26-18-22(2,3)28-14-6-5-7-15-28)25-17-19-10-11-20(24-16-19)27-12-8-9-13-27/h10-11,16H,4-9,12-15,17-18H2,1-3H3,(H2,23,25,26). The number of aliphatic imine (C=N–C) groups is 1. The minimum absolute atomic E-state index is 0.134. The van der Waals surface area contributed by atoms with Crippen molar-refractivity contribution in [3.8, 4) is 0 Å². The third-order valence-corrected chi connectivity index (χ3v) is 5.90. The van der Waals surface area contributed by atoms with Gasteiger partial charge >= 0.3 is 0 Å². The molecule has 0 amide bonds. The summed E-state index contributed by atoms with van der Waals surface area (Å²) < 4.78 is 0. The Balaban J connectivity index is 1.54. The smallest absolute Gasteiger partial charge is 0.191 e. The second kappa shape index (κ2) is 10.1. The average Bonchev–Trinajstić information content (AvgIpc) is 3.26. The Labute approximate surface area is 170 Å². The van der Waals surface area contributed by atoms with E-state index in [0.717, 1.165) is 43.5 Å². The van der Waals surface area contributed by atoms with Crippen LogP contribution in [0.1, 0.15) is 58.4 Å². The van der Waals surface area contributed by atoms with Crippen LogP contribution in [0.5, 0.6) is 0 Å². The molecular weight excluding hydrogens is 348 g/mol. The molecule has 2 aliphatic heterocycles. The molecular formula is C22H38N6. The lowest BCUT2D eigenvalue weighted by atomic mass is 9.98. The number of likely N-dealkylation sites (tertiary alicyclic amines) is 1. The molecule has 2 fully saturated rings. The third-order valence-electron chi connectivity index (χ3n) is 5.90. The predicted molar refractivity (Wildman–Crippen MR) is 118 cm³/mol. The van der Waals surface area contributed by atoms with E-state index >= 15 is 0 Å². The average molecular weight is 387 g/mol. The van der Waals surface area contributed by atoms with Crippen LogP contribution in [0.3, 0.4) is 0 Å². The first-order chi connectivity index (χ1) is 13.6. The third kappa shape index (κ3) is 5.84. The largest absolute Gasteiger partial charge is 0.357 e. The number of anilines is 1. The molecule has 1 aromatic rings. The van der Waals surface area contributed by atoms with E-state index in [1.165, 1.54) is 45.2 Å². The minimum Gasteiger partial charge on any atom is -0.357 e. The fourth-order valence-corrected chi connectivity index (χ4v) is 4.07. The number of pyridine rings is 1. The Morgan fingerprint density at radius 2 is 1.75 bits per heavy atom. The summed E-state index contributed by atoms with van der Waals surface area (Å²) in [5, 5.41) is 6.93. The SMILES string of the molecule is CCNC(=NCc1ccc(N2CCCC2)nc1)NCC(C)(C)N1CCCCC1. The minimum atomic E-state index is 0.134. The molecule has 28 heavy (non-hydrogen) atoms. The second-order valence-electron chi connectivity index (χ2n) is 8.63. The molecule has 0 aromatic carbocycles. The number of hydrogen-bond acceptors (Lipinski definition) is 4. The highest BCUT2D eigenvalue weighted by Gasteiger charge is 2.27. The molecule has 0 unspecified atom stereocenters. The molecule has 2 N–H and O–H groups in total. The van der Waals surface area contributed by atoms with Crippen LogP contribution in [0, 0.1) is 0 Å². The molecule has 2 aliphatic rings. The van der Waals surface area contributed by atoms with Crippen LogP contribution in [0.4, 0.5) is 5.82 Å². The fraction of sp³-hybridized carbons (Fsp3) is 0.727. The van der Waals surface area contributed by atoms with Gasteiger partial charge in [-0.2, -0.15) is 0 Å². The van der Waals surface area contributed by atoms with E-state index in [2.05, 4.69) is 58.3 Å². The van der Waals surface area contributed by atoms with Crippen molar-refractivity contribution in [2.75, 3.05) is 44.2 Å². The van der Waals surface area contributed by atoms with E-state index in [4.69, 9.17) is 4.99 Å². The quantitative estimate of drug-likeness (QED) is 0.557. The van der Waals surface area contributed by atoms with Gasteiger partial charge in [-0.3, -0.25) is 4.90 Å². The Hall–Kier alpha value is -1.82. The molecule has 156 valence electrons. The highest BCUT2D eigenvalue weighted by Crippen LogP contribution is 2.20. The summed E-state index contributed by atoms with van der Waals surface area (Å²) in [6.07, 6.45) is 8.53. The van der Waals surface area contributed by atoms with E-state index in [-0.39, 0.29) is 5.54 Å². The van der Waals surface area contributed by atoms with E-state index < -0.39 is 0 Å². The van der Waals surface area contributed by atoms with Crippen LogP contribution in [-0.4, -0.2) is 60.7 Å².